The highest BCUT2D eigenvalue weighted by Gasteiger charge is 2.28. The van der Waals surface area contributed by atoms with E-state index in [4.69, 9.17) is 5.73 Å². The Hall–Kier alpha value is -1.31. The SMILES string of the molecule is NC(=NCCC(=O)NC1CCS(=O)(=O)C1)NC1CCCCCC1. The lowest BCUT2D eigenvalue weighted by Crippen LogP contribution is -2.40. The number of hydrogen-bond donors (Lipinski definition) is 3. The van der Waals surface area contributed by atoms with E-state index < -0.39 is 9.84 Å². The second-order valence-electron chi connectivity index (χ2n) is 6.52. The number of guanidine groups is 1. The summed E-state index contributed by atoms with van der Waals surface area (Å²) in [5.74, 6) is 0.438. The highest BCUT2D eigenvalue weighted by atomic mass is 32.2. The first-order valence-electron chi connectivity index (χ1n) is 8.51. The molecule has 23 heavy (non-hydrogen) atoms. The number of carbonyl (C=O) groups is 1. The van der Waals surface area contributed by atoms with Crippen LogP contribution in [0.4, 0.5) is 0 Å². The van der Waals surface area contributed by atoms with Gasteiger partial charge in [-0.2, -0.15) is 0 Å². The number of amides is 1. The molecule has 1 saturated carbocycles. The minimum absolute atomic E-state index is 0.0490. The van der Waals surface area contributed by atoms with Gasteiger partial charge >= 0.3 is 0 Å². The zero-order valence-corrected chi connectivity index (χ0v) is 14.4. The second kappa shape index (κ2) is 8.52. The third kappa shape index (κ3) is 6.76. The monoisotopic (exact) mass is 344 g/mol. The van der Waals surface area contributed by atoms with Crippen molar-refractivity contribution in [1.82, 2.24) is 10.6 Å². The van der Waals surface area contributed by atoms with Crippen LogP contribution in [0.3, 0.4) is 0 Å². The lowest BCUT2D eigenvalue weighted by Gasteiger charge is -2.16. The minimum atomic E-state index is -2.97. The first kappa shape index (κ1) is 18.0. The fraction of sp³-hybridized carbons (Fsp3) is 0.867. The van der Waals surface area contributed by atoms with E-state index in [9.17, 15) is 13.2 Å². The van der Waals surface area contributed by atoms with Gasteiger partial charge in [0.05, 0.1) is 18.1 Å². The van der Waals surface area contributed by atoms with Crippen LogP contribution in [-0.4, -0.2) is 50.4 Å². The van der Waals surface area contributed by atoms with Crippen molar-refractivity contribution in [2.75, 3.05) is 18.1 Å². The average Bonchev–Trinajstić information content (AvgIpc) is 2.66. The van der Waals surface area contributed by atoms with Crippen molar-refractivity contribution < 1.29 is 13.2 Å². The number of aliphatic imine (C=N–C) groups is 1. The minimum Gasteiger partial charge on any atom is -0.370 e. The van der Waals surface area contributed by atoms with Gasteiger partial charge in [0, 0.05) is 18.5 Å². The number of nitrogens with zero attached hydrogens (tertiary/aromatic N) is 1. The van der Waals surface area contributed by atoms with Gasteiger partial charge in [0.15, 0.2) is 15.8 Å². The van der Waals surface area contributed by atoms with E-state index in [1.165, 1.54) is 25.7 Å². The largest absolute Gasteiger partial charge is 0.370 e. The Bertz CT molecular complexity index is 525. The number of carbonyl (C=O) groups excluding carboxylic acids is 1. The molecular weight excluding hydrogens is 316 g/mol. The Morgan fingerprint density at radius 2 is 1.74 bits per heavy atom. The smallest absolute Gasteiger partial charge is 0.222 e. The van der Waals surface area contributed by atoms with Crippen LogP contribution in [0.15, 0.2) is 4.99 Å². The molecule has 0 aromatic rings. The van der Waals surface area contributed by atoms with Crippen LogP contribution < -0.4 is 16.4 Å². The predicted octanol–water partition coefficient (Wildman–Crippen LogP) is 0.307. The van der Waals surface area contributed by atoms with Gasteiger partial charge in [0.25, 0.3) is 0 Å². The molecule has 0 radical (unpaired) electrons. The van der Waals surface area contributed by atoms with E-state index in [1.807, 2.05) is 0 Å². The molecule has 0 spiro atoms. The Morgan fingerprint density at radius 3 is 2.35 bits per heavy atom. The quantitative estimate of drug-likeness (QED) is 0.377. The van der Waals surface area contributed by atoms with Crippen molar-refractivity contribution in [2.24, 2.45) is 10.7 Å². The van der Waals surface area contributed by atoms with Crippen molar-refractivity contribution in [1.29, 1.82) is 0 Å². The van der Waals surface area contributed by atoms with Crippen molar-refractivity contribution in [3.05, 3.63) is 0 Å². The second-order valence-corrected chi connectivity index (χ2v) is 8.75. The topological polar surface area (TPSA) is 114 Å². The molecule has 1 heterocycles. The van der Waals surface area contributed by atoms with Crippen molar-refractivity contribution >= 4 is 21.7 Å². The van der Waals surface area contributed by atoms with E-state index in [-0.39, 0.29) is 29.9 Å². The Kier molecular flexibility index (Phi) is 6.68. The van der Waals surface area contributed by atoms with Gasteiger partial charge in [0.1, 0.15) is 0 Å². The highest BCUT2D eigenvalue weighted by Crippen LogP contribution is 2.16. The molecular formula is C15H28N4O3S. The number of nitrogens with one attached hydrogen (secondary N) is 2. The number of hydrogen-bond acceptors (Lipinski definition) is 4. The maximum Gasteiger partial charge on any atom is 0.222 e. The summed E-state index contributed by atoms with van der Waals surface area (Å²) in [4.78, 5) is 16.0. The molecule has 0 aromatic carbocycles. The van der Waals surface area contributed by atoms with Crippen LogP contribution in [0.5, 0.6) is 0 Å². The molecule has 0 aromatic heterocycles. The third-order valence-electron chi connectivity index (χ3n) is 4.43. The summed E-state index contributed by atoms with van der Waals surface area (Å²) in [6.45, 7) is 0.316. The number of nitrogens with two attached hydrogens (primary N) is 1. The zero-order valence-electron chi connectivity index (χ0n) is 13.6. The van der Waals surface area contributed by atoms with Gasteiger partial charge in [-0.25, -0.2) is 8.42 Å². The normalized spacial score (nSPS) is 25.7. The van der Waals surface area contributed by atoms with E-state index in [0.29, 0.717) is 25.0 Å². The molecule has 2 fully saturated rings. The Morgan fingerprint density at radius 1 is 1.04 bits per heavy atom. The molecule has 2 rings (SSSR count). The summed E-state index contributed by atoms with van der Waals surface area (Å²) < 4.78 is 22.7. The molecule has 8 heteroatoms. The fourth-order valence-electron chi connectivity index (χ4n) is 3.17. The van der Waals surface area contributed by atoms with E-state index in [2.05, 4.69) is 15.6 Å². The predicted molar refractivity (Wildman–Crippen MR) is 90.9 cm³/mol. The molecule has 4 N–H and O–H groups in total. The lowest BCUT2D eigenvalue weighted by molar-refractivity contribution is -0.121. The summed E-state index contributed by atoms with van der Waals surface area (Å²) in [6.07, 6.45) is 7.97. The van der Waals surface area contributed by atoms with E-state index in [1.54, 1.807) is 0 Å². The maximum absolute atomic E-state index is 11.8. The van der Waals surface area contributed by atoms with E-state index in [0.717, 1.165) is 12.8 Å². The summed E-state index contributed by atoms with van der Waals surface area (Å²) in [5, 5.41) is 5.98. The van der Waals surface area contributed by atoms with Crippen LogP contribution in [0.25, 0.3) is 0 Å². The van der Waals surface area contributed by atoms with Crippen LogP contribution in [-0.2, 0) is 14.6 Å². The first-order valence-corrected chi connectivity index (χ1v) is 10.3. The molecule has 1 unspecified atom stereocenters. The molecule has 1 amide bonds. The van der Waals surface area contributed by atoms with E-state index >= 15 is 0 Å². The molecule has 7 nitrogen and oxygen atoms in total. The first-order chi connectivity index (χ1) is 10.9. The lowest BCUT2D eigenvalue weighted by atomic mass is 10.1. The number of sulfone groups is 1. The molecule has 1 aliphatic carbocycles. The summed E-state index contributed by atoms with van der Waals surface area (Å²) in [7, 11) is -2.97. The van der Waals surface area contributed by atoms with Gasteiger partial charge < -0.3 is 16.4 Å². The molecule has 0 bridgehead atoms. The van der Waals surface area contributed by atoms with Crippen molar-refractivity contribution in [2.45, 2.75) is 63.5 Å². The van der Waals surface area contributed by atoms with Crippen LogP contribution in [0.2, 0.25) is 0 Å². The third-order valence-corrected chi connectivity index (χ3v) is 6.19. The number of rotatable bonds is 5. The Balaban J connectivity index is 1.65. The summed E-state index contributed by atoms with van der Waals surface area (Å²) in [5.41, 5.74) is 5.87. The van der Waals surface area contributed by atoms with Gasteiger partial charge in [-0.15, -0.1) is 0 Å². The fourth-order valence-corrected chi connectivity index (χ4v) is 4.84. The zero-order chi connectivity index (χ0) is 16.7. The molecule has 1 saturated heterocycles. The average molecular weight is 344 g/mol. The van der Waals surface area contributed by atoms with Gasteiger partial charge in [-0.3, -0.25) is 9.79 Å². The van der Waals surface area contributed by atoms with Gasteiger partial charge in [-0.1, -0.05) is 25.7 Å². The standard InChI is InChI=1S/C15H28N4O3S/c16-15(19-12-5-3-1-2-4-6-12)17-9-7-14(20)18-13-8-10-23(21,22)11-13/h12-13H,1-11H2,(H,18,20)(H3,16,17,19). The molecule has 1 atom stereocenters. The van der Waals surface area contributed by atoms with Crippen LogP contribution in [0, 0.1) is 0 Å². The van der Waals surface area contributed by atoms with Crippen LogP contribution in [0.1, 0.15) is 51.4 Å². The summed E-state index contributed by atoms with van der Waals surface area (Å²) >= 11 is 0. The Labute approximate surface area is 138 Å². The maximum atomic E-state index is 11.8. The molecule has 1 aliphatic heterocycles. The molecule has 132 valence electrons. The molecule has 2 aliphatic rings. The highest BCUT2D eigenvalue weighted by molar-refractivity contribution is 7.91. The van der Waals surface area contributed by atoms with Crippen LogP contribution >= 0.6 is 0 Å². The van der Waals surface area contributed by atoms with Crippen molar-refractivity contribution in [3.63, 3.8) is 0 Å². The van der Waals surface area contributed by atoms with Gasteiger partial charge in [-0.05, 0) is 19.3 Å². The van der Waals surface area contributed by atoms with Gasteiger partial charge in [0.2, 0.25) is 5.91 Å². The van der Waals surface area contributed by atoms with Crippen molar-refractivity contribution in [3.8, 4) is 0 Å². The summed E-state index contributed by atoms with van der Waals surface area (Å²) in [6, 6.07) is 0.136.